The van der Waals surface area contributed by atoms with Crippen LogP contribution >= 0.6 is 0 Å². The van der Waals surface area contributed by atoms with E-state index in [1.807, 2.05) is 18.2 Å². The highest BCUT2D eigenvalue weighted by atomic mass is 16.1. The number of pyridine rings is 1. The van der Waals surface area contributed by atoms with Gasteiger partial charge in [0.15, 0.2) is 5.82 Å². The highest BCUT2D eigenvalue weighted by Crippen LogP contribution is 2.41. The summed E-state index contributed by atoms with van der Waals surface area (Å²) in [6.07, 6.45) is 6.91. The number of aromatic nitrogens is 4. The van der Waals surface area contributed by atoms with Crippen molar-refractivity contribution in [2.75, 3.05) is 0 Å². The first-order valence-electron chi connectivity index (χ1n) is 7.98. The standard InChI is InChI=1S/C18H17N5O/c24-18(15-8-9-20-16(10-15)23-12-19-11-21-23)22-17(14-6-7-14)13-4-2-1-3-5-13/h1-5,8-12,14,17H,6-7H2,(H,22,24)/t17-/m1/s1. The minimum absolute atomic E-state index is 0.0571. The van der Waals surface area contributed by atoms with E-state index in [0.29, 0.717) is 17.3 Å². The quantitative estimate of drug-likeness (QED) is 0.784. The maximum absolute atomic E-state index is 12.7. The molecule has 2 aromatic heterocycles. The average Bonchev–Trinajstić information content (AvgIpc) is 3.33. The molecule has 4 rings (SSSR count). The lowest BCUT2D eigenvalue weighted by atomic mass is 10.0. The van der Waals surface area contributed by atoms with Gasteiger partial charge in [-0.2, -0.15) is 5.10 Å². The molecule has 0 aliphatic heterocycles. The third-order valence-electron chi connectivity index (χ3n) is 4.20. The second kappa shape index (κ2) is 6.23. The van der Waals surface area contributed by atoms with Crippen molar-refractivity contribution in [3.05, 3.63) is 72.4 Å². The topological polar surface area (TPSA) is 72.7 Å². The number of amides is 1. The van der Waals surface area contributed by atoms with E-state index in [1.54, 1.807) is 24.7 Å². The van der Waals surface area contributed by atoms with Crippen LogP contribution in [0.4, 0.5) is 0 Å². The van der Waals surface area contributed by atoms with E-state index in [4.69, 9.17) is 0 Å². The van der Waals surface area contributed by atoms with Crippen molar-refractivity contribution in [2.24, 2.45) is 5.92 Å². The fourth-order valence-corrected chi connectivity index (χ4v) is 2.80. The monoisotopic (exact) mass is 319 g/mol. The van der Waals surface area contributed by atoms with Crippen molar-refractivity contribution < 1.29 is 4.79 Å². The fraction of sp³-hybridized carbons (Fsp3) is 0.222. The molecule has 0 bridgehead atoms. The van der Waals surface area contributed by atoms with E-state index >= 15 is 0 Å². The fourth-order valence-electron chi connectivity index (χ4n) is 2.80. The van der Waals surface area contributed by atoms with Crippen LogP contribution in [0.5, 0.6) is 0 Å². The highest BCUT2D eigenvalue weighted by molar-refractivity contribution is 5.94. The van der Waals surface area contributed by atoms with E-state index < -0.39 is 0 Å². The maximum atomic E-state index is 12.7. The van der Waals surface area contributed by atoms with Gasteiger partial charge in [-0.1, -0.05) is 30.3 Å². The highest BCUT2D eigenvalue weighted by Gasteiger charge is 2.33. The molecule has 0 spiro atoms. The molecule has 3 aromatic rings. The third kappa shape index (κ3) is 3.03. The first-order valence-corrected chi connectivity index (χ1v) is 7.98. The Morgan fingerprint density at radius 3 is 2.75 bits per heavy atom. The Kier molecular flexibility index (Phi) is 3.78. The van der Waals surface area contributed by atoms with Gasteiger partial charge in [-0.3, -0.25) is 4.79 Å². The second-order valence-electron chi connectivity index (χ2n) is 5.94. The molecule has 1 N–H and O–H groups in total. The van der Waals surface area contributed by atoms with Gasteiger partial charge in [0.1, 0.15) is 12.7 Å². The van der Waals surface area contributed by atoms with Gasteiger partial charge < -0.3 is 5.32 Å². The summed E-state index contributed by atoms with van der Waals surface area (Å²) < 4.78 is 1.53. The largest absolute Gasteiger partial charge is 0.345 e. The summed E-state index contributed by atoms with van der Waals surface area (Å²) in [5.41, 5.74) is 1.72. The lowest BCUT2D eigenvalue weighted by Gasteiger charge is -2.19. The third-order valence-corrected chi connectivity index (χ3v) is 4.20. The molecule has 0 unspecified atom stereocenters. The minimum Gasteiger partial charge on any atom is -0.345 e. The van der Waals surface area contributed by atoms with E-state index in [0.717, 1.165) is 18.4 Å². The van der Waals surface area contributed by atoms with Gasteiger partial charge in [0, 0.05) is 11.8 Å². The molecule has 24 heavy (non-hydrogen) atoms. The summed E-state index contributed by atoms with van der Waals surface area (Å²) in [7, 11) is 0. The molecule has 1 fully saturated rings. The molecule has 0 saturated heterocycles. The summed E-state index contributed by atoms with van der Waals surface area (Å²) in [6.45, 7) is 0. The molecule has 2 heterocycles. The van der Waals surface area contributed by atoms with E-state index in [9.17, 15) is 4.79 Å². The van der Waals surface area contributed by atoms with Crippen LogP contribution in [0.15, 0.2) is 61.3 Å². The van der Waals surface area contributed by atoms with Crippen LogP contribution in [0.1, 0.15) is 34.8 Å². The zero-order valence-corrected chi connectivity index (χ0v) is 13.0. The Balaban J connectivity index is 1.56. The normalized spacial score (nSPS) is 15.0. The van der Waals surface area contributed by atoms with Crippen LogP contribution in [0.2, 0.25) is 0 Å². The second-order valence-corrected chi connectivity index (χ2v) is 5.94. The zero-order chi connectivity index (χ0) is 16.4. The SMILES string of the molecule is O=C(N[C@H](c1ccccc1)C1CC1)c1ccnc(-n2cncn2)c1. The molecule has 1 aromatic carbocycles. The van der Waals surface area contributed by atoms with Crippen LogP contribution in [0.3, 0.4) is 0 Å². The van der Waals surface area contributed by atoms with Crippen molar-refractivity contribution in [2.45, 2.75) is 18.9 Å². The lowest BCUT2D eigenvalue weighted by molar-refractivity contribution is 0.0931. The number of benzene rings is 1. The summed E-state index contributed by atoms with van der Waals surface area (Å²) in [4.78, 5) is 20.8. The van der Waals surface area contributed by atoms with Crippen molar-refractivity contribution in [1.29, 1.82) is 0 Å². The van der Waals surface area contributed by atoms with Gasteiger partial charge in [0.05, 0.1) is 6.04 Å². The maximum Gasteiger partial charge on any atom is 0.251 e. The smallest absolute Gasteiger partial charge is 0.251 e. The van der Waals surface area contributed by atoms with Gasteiger partial charge in [0.2, 0.25) is 0 Å². The molecule has 0 radical (unpaired) electrons. The van der Waals surface area contributed by atoms with Crippen molar-refractivity contribution >= 4 is 5.91 Å². The molecule has 6 nitrogen and oxygen atoms in total. The molecule has 1 amide bonds. The number of carbonyl (C=O) groups is 1. The molecule has 1 saturated carbocycles. The van der Waals surface area contributed by atoms with Gasteiger partial charge in [-0.15, -0.1) is 0 Å². The van der Waals surface area contributed by atoms with Crippen LogP contribution < -0.4 is 5.32 Å². The molecular formula is C18H17N5O. The predicted octanol–water partition coefficient (Wildman–Crippen LogP) is 2.54. The zero-order valence-electron chi connectivity index (χ0n) is 13.0. The lowest BCUT2D eigenvalue weighted by Crippen LogP contribution is -2.30. The van der Waals surface area contributed by atoms with Crippen LogP contribution in [0.25, 0.3) is 5.82 Å². The summed E-state index contributed by atoms with van der Waals surface area (Å²) in [6, 6.07) is 13.6. The summed E-state index contributed by atoms with van der Waals surface area (Å²) in [5, 5.41) is 7.22. The Bertz CT molecular complexity index is 828. The van der Waals surface area contributed by atoms with Crippen LogP contribution in [-0.4, -0.2) is 25.7 Å². The van der Waals surface area contributed by atoms with E-state index in [-0.39, 0.29) is 11.9 Å². The molecular weight excluding hydrogens is 302 g/mol. The van der Waals surface area contributed by atoms with E-state index in [2.05, 4.69) is 32.5 Å². The van der Waals surface area contributed by atoms with E-state index in [1.165, 1.54) is 11.0 Å². The van der Waals surface area contributed by atoms with Gasteiger partial charge in [-0.25, -0.2) is 14.6 Å². The Hall–Kier alpha value is -3.02. The van der Waals surface area contributed by atoms with Crippen molar-refractivity contribution in [3.63, 3.8) is 0 Å². The minimum atomic E-state index is -0.0977. The summed E-state index contributed by atoms with van der Waals surface area (Å²) in [5.74, 6) is 0.996. The number of carbonyl (C=O) groups excluding carboxylic acids is 1. The molecule has 1 aliphatic rings. The number of hydrogen-bond acceptors (Lipinski definition) is 4. The molecule has 120 valence electrons. The number of nitrogens with zero attached hydrogens (tertiary/aromatic N) is 4. The Morgan fingerprint density at radius 1 is 1.21 bits per heavy atom. The molecule has 6 heteroatoms. The van der Waals surface area contributed by atoms with Crippen LogP contribution in [0, 0.1) is 5.92 Å². The first kappa shape index (κ1) is 14.6. The van der Waals surface area contributed by atoms with Gasteiger partial charge >= 0.3 is 0 Å². The van der Waals surface area contributed by atoms with Gasteiger partial charge in [-0.05, 0) is 36.5 Å². The van der Waals surface area contributed by atoms with Crippen molar-refractivity contribution in [3.8, 4) is 5.82 Å². The number of rotatable bonds is 5. The summed E-state index contributed by atoms with van der Waals surface area (Å²) >= 11 is 0. The molecule has 1 aliphatic carbocycles. The molecule has 1 atom stereocenters. The Morgan fingerprint density at radius 2 is 2.04 bits per heavy atom. The predicted molar refractivity (Wildman–Crippen MR) is 88.5 cm³/mol. The first-order chi connectivity index (χ1) is 11.8. The van der Waals surface area contributed by atoms with Gasteiger partial charge in [0.25, 0.3) is 5.91 Å². The Labute approximate surface area is 139 Å². The van der Waals surface area contributed by atoms with Crippen LogP contribution in [-0.2, 0) is 0 Å². The van der Waals surface area contributed by atoms with Crippen molar-refractivity contribution in [1.82, 2.24) is 25.1 Å². The number of hydrogen-bond donors (Lipinski definition) is 1. The number of nitrogens with one attached hydrogen (secondary N) is 1. The average molecular weight is 319 g/mol.